The Bertz CT molecular complexity index is 747. The van der Waals surface area contributed by atoms with Crippen LogP contribution in [0.2, 0.25) is 0 Å². The van der Waals surface area contributed by atoms with Crippen molar-refractivity contribution in [2.75, 3.05) is 26.4 Å². The van der Waals surface area contributed by atoms with Gasteiger partial charge in [-0.05, 0) is 83.5 Å². The first-order chi connectivity index (χ1) is 22.6. The molecule has 0 aliphatic heterocycles. The highest BCUT2D eigenvalue weighted by Crippen LogP contribution is 2.12. The van der Waals surface area contributed by atoms with Crippen molar-refractivity contribution < 1.29 is 34.4 Å². The molecule has 0 fully saturated rings. The number of aliphatic hydroxyl groups is 3. The summed E-state index contributed by atoms with van der Waals surface area (Å²) in [6, 6.07) is 0. The second kappa shape index (κ2) is 37.5. The van der Waals surface area contributed by atoms with Gasteiger partial charge in [-0.2, -0.15) is 0 Å². The van der Waals surface area contributed by atoms with E-state index in [0.29, 0.717) is 26.1 Å². The van der Waals surface area contributed by atoms with Crippen molar-refractivity contribution >= 4 is 11.9 Å². The Kier molecular flexibility index (Phi) is 35.9. The van der Waals surface area contributed by atoms with E-state index < -0.39 is 6.10 Å². The van der Waals surface area contributed by atoms with Gasteiger partial charge in [-0.25, -0.2) is 0 Å². The highest BCUT2D eigenvalue weighted by molar-refractivity contribution is 5.70. The molecule has 0 amide bonds. The first-order valence-corrected chi connectivity index (χ1v) is 18.8. The second-order valence-corrected chi connectivity index (χ2v) is 12.4. The van der Waals surface area contributed by atoms with E-state index in [9.17, 15) is 14.7 Å². The molecule has 7 nitrogen and oxygen atoms in total. The Morgan fingerprint density at radius 2 is 0.826 bits per heavy atom. The Morgan fingerprint density at radius 3 is 1.28 bits per heavy atom. The van der Waals surface area contributed by atoms with Gasteiger partial charge in [-0.15, -0.1) is 0 Å². The fourth-order valence-electron chi connectivity index (χ4n) is 5.12. The number of allylic oxidation sites excluding steroid dienone is 6. The zero-order valence-electron chi connectivity index (χ0n) is 29.2. The number of carbonyl (C=O) groups excluding carboxylic acids is 2. The predicted octanol–water partition coefficient (Wildman–Crippen LogP) is 9.23. The molecule has 7 heteroatoms. The van der Waals surface area contributed by atoms with E-state index in [1.807, 2.05) is 0 Å². The first kappa shape index (κ1) is 44.0. The van der Waals surface area contributed by atoms with Gasteiger partial charge >= 0.3 is 11.9 Å². The molecule has 0 heterocycles. The Balaban J connectivity index is 3.59. The average molecular weight is 651 g/mol. The number of aliphatic hydroxyl groups excluding tert-OH is 3. The molecule has 0 bridgehead atoms. The number of ether oxygens (including phenoxy) is 2. The molecule has 0 rings (SSSR count). The number of esters is 2. The highest BCUT2D eigenvalue weighted by atomic mass is 16.6. The maximum atomic E-state index is 12.1. The number of carbonyl (C=O) groups is 2. The van der Waals surface area contributed by atoms with Crippen LogP contribution in [0.25, 0.3) is 0 Å². The van der Waals surface area contributed by atoms with Crippen molar-refractivity contribution in [2.24, 2.45) is 0 Å². The van der Waals surface area contributed by atoms with Gasteiger partial charge in [0.2, 0.25) is 0 Å². The van der Waals surface area contributed by atoms with E-state index in [2.05, 4.69) is 36.5 Å². The van der Waals surface area contributed by atoms with Gasteiger partial charge in [0, 0.05) is 26.1 Å². The maximum Gasteiger partial charge on any atom is 0.306 e. The molecule has 0 unspecified atom stereocenters. The summed E-state index contributed by atoms with van der Waals surface area (Å²) < 4.78 is 10.5. The Labute approximate surface area is 281 Å². The maximum absolute atomic E-state index is 12.1. The van der Waals surface area contributed by atoms with Crippen molar-refractivity contribution in [1.82, 2.24) is 0 Å². The van der Waals surface area contributed by atoms with Crippen LogP contribution in [0.4, 0.5) is 0 Å². The molecule has 0 radical (unpaired) electrons. The lowest BCUT2D eigenvalue weighted by Crippen LogP contribution is -2.28. The molecule has 0 aromatic rings. The molecular weight excluding hydrogens is 580 g/mol. The molecule has 3 N–H and O–H groups in total. The molecule has 1 atom stereocenters. The molecule has 46 heavy (non-hydrogen) atoms. The van der Waals surface area contributed by atoms with Crippen molar-refractivity contribution in [3.8, 4) is 0 Å². The van der Waals surface area contributed by atoms with Crippen LogP contribution in [0.15, 0.2) is 36.5 Å². The molecule has 0 aromatic heterocycles. The standard InChI is InChI=1S/C39H70O7/c40-33-29-25-21-17-13-9-5-1-3-7-11-15-19-23-27-31-38(43)45-36-37(35-42)46-39(44)32-28-24-20-16-12-8-4-2-6-10-14-18-22-26-30-34-41/h1-4,10,14,37,40-42H,5-9,11-13,15-36H2/b3-1-,4-2-,14-10-/t37-/m0/s1. The Morgan fingerprint density at radius 1 is 0.457 bits per heavy atom. The molecule has 0 spiro atoms. The van der Waals surface area contributed by atoms with Crippen LogP contribution in [0.1, 0.15) is 167 Å². The van der Waals surface area contributed by atoms with Crippen LogP contribution >= 0.6 is 0 Å². The highest BCUT2D eigenvalue weighted by Gasteiger charge is 2.16. The van der Waals surface area contributed by atoms with E-state index in [1.165, 1.54) is 32.1 Å². The zero-order chi connectivity index (χ0) is 33.6. The summed E-state index contributed by atoms with van der Waals surface area (Å²) in [5.74, 6) is -0.651. The van der Waals surface area contributed by atoms with Gasteiger partial charge in [0.05, 0.1) is 6.61 Å². The second-order valence-electron chi connectivity index (χ2n) is 12.4. The van der Waals surface area contributed by atoms with Crippen molar-refractivity contribution in [2.45, 2.75) is 173 Å². The quantitative estimate of drug-likeness (QED) is 0.0356. The summed E-state index contributed by atoms with van der Waals surface area (Å²) in [7, 11) is 0. The third-order valence-electron chi connectivity index (χ3n) is 8.02. The minimum atomic E-state index is -0.797. The van der Waals surface area contributed by atoms with Gasteiger partial charge in [-0.3, -0.25) is 9.59 Å². The summed E-state index contributed by atoms with van der Waals surface area (Å²) in [4.78, 5) is 24.2. The SMILES string of the molecule is O=C(CCCCCCC/C=C\CCCCCCCCO)OC[C@H](CO)OC(=O)CCCCCCC/C=C\C/C=C\CCCCCO. The van der Waals surface area contributed by atoms with Crippen molar-refractivity contribution in [3.05, 3.63) is 36.5 Å². The Hall–Kier alpha value is -1.96. The smallest absolute Gasteiger partial charge is 0.306 e. The lowest BCUT2D eigenvalue weighted by Gasteiger charge is -2.15. The van der Waals surface area contributed by atoms with Gasteiger partial charge in [0.1, 0.15) is 6.61 Å². The molecular formula is C39H70O7. The van der Waals surface area contributed by atoms with Gasteiger partial charge in [0.25, 0.3) is 0 Å². The fraction of sp³-hybridized carbons (Fsp3) is 0.795. The summed E-state index contributed by atoms with van der Waals surface area (Å²) in [5, 5.41) is 27.1. The van der Waals surface area contributed by atoms with Crippen LogP contribution in [0.3, 0.4) is 0 Å². The third kappa shape index (κ3) is 34.9. The van der Waals surface area contributed by atoms with E-state index in [1.54, 1.807) is 0 Å². The van der Waals surface area contributed by atoms with Gasteiger partial charge in [-0.1, -0.05) is 107 Å². The molecule has 0 aliphatic rings. The van der Waals surface area contributed by atoms with E-state index in [0.717, 1.165) is 122 Å². The number of rotatable bonds is 35. The molecule has 268 valence electrons. The third-order valence-corrected chi connectivity index (χ3v) is 8.02. The minimum Gasteiger partial charge on any atom is -0.462 e. The number of hydrogen-bond acceptors (Lipinski definition) is 7. The summed E-state index contributed by atoms with van der Waals surface area (Å²) in [5.41, 5.74) is 0. The largest absolute Gasteiger partial charge is 0.462 e. The van der Waals surface area contributed by atoms with Crippen LogP contribution in [-0.4, -0.2) is 59.8 Å². The lowest BCUT2D eigenvalue weighted by atomic mass is 10.1. The van der Waals surface area contributed by atoms with Crippen LogP contribution < -0.4 is 0 Å². The molecule has 0 aromatic carbocycles. The summed E-state index contributed by atoms with van der Waals surface area (Å²) in [6.07, 6.45) is 39.3. The lowest BCUT2D eigenvalue weighted by molar-refractivity contribution is -0.161. The zero-order valence-corrected chi connectivity index (χ0v) is 29.2. The van der Waals surface area contributed by atoms with Crippen molar-refractivity contribution in [3.63, 3.8) is 0 Å². The van der Waals surface area contributed by atoms with Crippen LogP contribution in [-0.2, 0) is 19.1 Å². The van der Waals surface area contributed by atoms with E-state index >= 15 is 0 Å². The van der Waals surface area contributed by atoms with Crippen LogP contribution in [0, 0.1) is 0 Å². The fourth-order valence-corrected chi connectivity index (χ4v) is 5.12. The molecule has 0 saturated carbocycles. The van der Waals surface area contributed by atoms with Crippen LogP contribution in [0.5, 0.6) is 0 Å². The molecule has 0 aliphatic carbocycles. The van der Waals surface area contributed by atoms with Gasteiger partial charge in [0.15, 0.2) is 6.10 Å². The predicted molar refractivity (Wildman–Crippen MR) is 190 cm³/mol. The van der Waals surface area contributed by atoms with Crippen molar-refractivity contribution in [1.29, 1.82) is 0 Å². The normalized spacial score (nSPS) is 12.5. The number of hydrogen-bond donors (Lipinski definition) is 3. The first-order valence-electron chi connectivity index (χ1n) is 18.8. The minimum absolute atomic E-state index is 0.0922. The molecule has 0 saturated heterocycles. The van der Waals surface area contributed by atoms with E-state index in [4.69, 9.17) is 19.7 Å². The van der Waals surface area contributed by atoms with E-state index in [-0.39, 0.29) is 25.2 Å². The topological polar surface area (TPSA) is 113 Å². The summed E-state index contributed by atoms with van der Waals surface area (Å²) >= 11 is 0. The summed E-state index contributed by atoms with van der Waals surface area (Å²) in [6.45, 7) is 0.161. The monoisotopic (exact) mass is 651 g/mol. The average Bonchev–Trinajstić information content (AvgIpc) is 3.06. The van der Waals surface area contributed by atoms with Gasteiger partial charge < -0.3 is 24.8 Å². The number of unbranched alkanes of at least 4 members (excludes halogenated alkanes) is 19.